The molecule has 0 spiro atoms. The first kappa shape index (κ1) is 13.9. The Labute approximate surface area is 121 Å². The van der Waals surface area contributed by atoms with E-state index in [0.717, 1.165) is 34.6 Å². The number of ketones is 1. The molecule has 1 aliphatic rings. The van der Waals surface area contributed by atoms with Crippen molar-refractivity contribution in [1.29, 1.82) is 0 Å². The van der Waals surface area contributed by atoms with Gasteiger partial charge in [-0.25, -0.2) is 0 Å². The highest BCUT2D eigenvalue weighted by molar-refractivity contribution is 9.10. The molecule has 4 heteroatoms. The van der Waals surface area contributed by atoms with E-state index in [-0.39, 0.29) is 5.78 Å². The number of thioether (sulfide) groups is 1. The molecule has 0 N–H and O–H groups in total. The van der Waals surface area contributed by atoms with Crippen LogP contribution < -0.4 is 4.90 Å². The number of carbonyl (C=O) groups excluding carboxylic acids is 1. The highest BCUT2D eigenvalue weighted by Crippen LogP contribution is 2.30. The first-order chi connectivity index (χ1) is 8.61. The molecule has 0 aromatic heterocycles. The lowest BCUT2D eigenvalue weighted by atomic mass is 10.1. The number of hydrogen-bond donors (Lipinski definition) is 0. The Morgan fingerprint density at radius 2 is 2.33 bits per heavy atom. The summed E-state index contributed by atoms with van der Waals surface area (Å²) in [4.78, 5) is 14.1. The first-order valence-corrected chi connectivity index (χ1v) is 8.13. The summed E-state index contributed by atoms with van der Waals surface area (Å²) < 4.78 is 1.04. The van der Waals surface area contributed by atoms with Crippen molar-refractivity contribution in [2.75, 3.05) is 23.7 Å². The molecule has 0 aliphatic carbocycles. The van der Waals surface area contributed by atoms with Gasteiger partial charge in [0, 0.05) is 39.8 Å². The maximum atomic E-state index is 11.7. The summed E-state index contributed by atoms with van der Waals surface area (Å²) in [5, 5.41) is 0.678. The number of anilines is 1. The van der Waals surface area contributed by atoms with Crippen molar-refractivity contribution in [3.05, 3.63) is 28.2 Å². The molecule has 98 valence electrons. The number of rotatable bonds is 3. The fourth-order valence-electron chi connectivity index (χ4n) is 2.25. The van der Waals surface area contributed by atoms with Gasteiger partial charge in [0.15, 0.2) is 5.78 Å². The van der Waals surface area contributed by atoms with E-state index < -0.39 is 0 Å². The zero-order valence-corrected chi connectivity index (χ0v) is 13.2. The summed E-state index contributed by atoms with van der Waals surface area (Å²) >= 11 is 5.54. The van der Waals surface area contributed by atoms with Gasteiger partial charge in [-0.05, 0) is 31.5 Å². The lowest BCUT2D eigenvalue weighted by molar-refractivity contribution is 0.101. The van der Waals surface area contributed by atoms with Crippen LogP contribution in [-0.4, -0.2) is 29.9 Å². The monoisotopic (exact) mass is 327 g/mol. The van der Waals surface area contributed by atoms with Crippen LogP contribution in [0, 0.1) is 0 Å². The van der Waals surface area contributed by atoms with E-state index in [1.54, 1.807) is 6.92 Å². The van der Waals surface area contributed by atoms with E-state index in [2.05, 4.69) is 33.8 Å². The van der Waals surface area contributed by atoms with Crippen LogP contribution >= 0.6 is 27.7 Å². The van der Waals surface area contributed by atoms with Gasteiger partial charge in [-0.1, -0.05) is 22.9 Å². The van der Waals surface area contributed by atoms with E-state index in [4.69, 9.17) is 0 Å². The van der Waals surface area contributed by atoms with Gasteiger partial charge >= 0.3 is 0 Å². The number of carbonyl (C=O) groups is 1. The summed E-state index contributed by atoms with van der Waals surface area (Å²) in [5.74, 6) is 1.28. The van der Waals surface area contributed by atoms with Gasteiger partial charge in [0.05, 0.1) is 0 Å². The molecule has 18 heavy (non-hydrogen) atoms. The van der Waals surface area contributed by atoms with Crippen LogP contribution in [0.1, 0.15) is 30.6 Å². The predicted molar refractivity (Wildman–Crippen MR) is 82.9 cm³/mol. The van der Waals surface area contributed by atoms with E-state index in [1.165, 1.54) is 6.42 Å². The molecule has 1 aromatic rings. The summed E-state index contributed by atoms with van der Waals surface area (Å²) in [7, 11) is 0. The van der Waals surface area contributed by atoms with Crippen LogP contribution in [0.4, 0.5) is 5.69 Å². The number of halogens is 1. The maximum absolute atomic E-state index is 11.7. The van der Waals surface area contributed by atoms with Gasteiger partial charge in [0.1, 0.15) is 0 Å². The topological polar surface area (TPSA) is 20.3 Å². The summed E-state index contributed by atoms with van der Waals surface area (Å²) in [5.41, 5.74) is 1.91. The third kappa shape index (κ3) is 3.09. The Balaban J connectivity index is 2.31. The largest absolute Gasteiger partial charge is 0.369 e. The first-order valence-electron chi connectivity index (χ1n) is 6.29. The number of nitrogens with zero attached hydrogens (tertiary/aromatic N) is 1. The van der Waals surface area contributed by atoms with E-state index in [0.29, 0.717) is 5.25 Å². The average molecular weight is 328 g/mol. The third-order valence-corrected chi connectivity index (χ3v) is 5.14. The Hall–Kier alpha value is -0.480. The van der Waals surface area contributed by atoms with Crippen LogP contribution in [0.3, 0.4) is 0 Å². The summed E-state index contributed by atoms with van der Waals surface area (Å²) in [6.07, 6.45) is 1.19. The van der Waals surface area contributed by atoms with Gasteiger partial charge < -0.3 is 4.90 Å². The highest BCUT2D eigenvalue weighted by atomic mass is 79.9. The van der Waals surface area contributed by atoms with E-state index in [1.807, 2.05) is 23.9 Å². The average Bonchev–Trinajstić information content (AvgIpc) is 2.38. The molecular weight excluding hydrogens is 310 g/mol. The standard InChI is InChI=1S/C14H18BrNOS/c1-3-12-9-16(6-7-18-12)14-8-11(15)4-5-13(14)10(2)17/h4-5,8,12H,3,6-7,9H2,1-2H3. The SMILES string of the molecule is CCC1CN(c2cc(Br)ccc2C(C)=O)CCS1. The van der Waals surface area contributed by atoms with Crippen molar-refractivity contribution in [3.8, 4) is 0 Å². The van der Waals surface area contributed by atoms with Crippen molar-refractivity contribution >= 4 is 39.2 Å². The normalized spacial score (nSPS) is 19.9. The van der Waals surface area contributed by atoms with Crippen LogP contribution in [-0.2, 0) is 0 Å². The molecule has 0 radical (unpaired) electrons. The molecule has 1 aliphatic heterocycles. The van der Waals surface area contributed by atoms with Gasteiger partial charge in [-0.2, -0.15) is 11.8 Å². The van der Waals surface area contributed by atoms with Crippen molar-refractivity contribution in [2.24, 2.45) is 0 Å². The predicted octanol–water partition coefficient (Wildman–Crippen LogP) is 3.98. The lowest BCUT2D eigenvalue weighted by Crippen LogP contribution is -2.38. The molecule has 0 bridgehead atoms. The Morgan fingerprint density at radius 1 is 1.56 bits per heavy atom. The molecule has 1 unspecified atom stereocenters. The fourth-order valence-corrected chi connectivity index (χ4v) is 3.78. The van der Waals surface area contributed by atoms with Crippen LogP contribution in [0.2, 0.25) is 0 Å². The molecule has 1 heterocycles. The molecule has 1 atom stereocenters. The zero-order chi connectivity index (χ0) is 13.1. The zero-order valence-electron chi connectivity index (χ0n) is 10.8. The van der Waals surface area contributed by atoms with Crippen LogP contribution in [0.25, 0.3) is 0 Å². The van der Waals surface area contributed by atoms with E-state index >= 15 is 0 Å². The minimum Gasteiger partial charge on any atom is -0.369 e. The molecule has 0 amide bonds. The molecule has 1 fully saturated rings. The summed E-state index contributed by atoms with van der Waals surface area (Å²) in [6, 6.07) is 5.93. The Bertz CT molecular complexity index is 449. The second-order valence-electron chi connectivity index (χ2n) is 4.56. The number of hydrogen-bond acceptors (Lipinski definition) is 3. The van der Waals surface area contributed by atoms with Crippen molar-refractivity contribution in [1.82, 2.24) is 0 Å². The molecular formula is C14H18BrNOS. The highest BCUT2D eigenvalue weighted by Gasteiger charge is 2.22. The maximum Gasteiger partial charge on any atom is 0.161 e. The number of benzene rings is 1. The molecule has 2 nitrogen and oxygen atoms in total. The van der Waals surface area contributed by atoms with Gasteiger partial charge in [0.25, 0.3) is 0 Å². The fraction of sp³-hybridized carbons (Fsp3) is 0.500. The van der Waals surface area contributed by atoms with Crippen LogP contribution in [0.15, 0.2) is 22.7 Å². The molecule has 2 rings (SSSR count). The molecule has 1 aromatic carbocycles. The van der Waals surface area contributed by atoms with Crippen molar-refractivity contribution in [3.63, 3.8) is 0 Å². The Morgan fingerprint density at radius 3 is 3.00 bits per heavy atom. The second kappa shape index (κ2) is 6.11. The molecule has 1 saturated heterocycles. The minimum absolute atomic E-state index is 0.142. The van der Waals surface area contributed by atoms with Gasteiger partial charge in [0.2, 0.25) is 0 Å². The minimum atomic E-state index is 0.142. The second-order valence-corrected chi connectivity index (χ2v) is 6.89. The van der Waals surface area contributed by atoms with Crippen molar-refractivity contribution < 1.29 is 4.79 Å². The van der Waals surface area contributed by atoms with Crippen molar-refractivity contribution in [2.45, 2.75) is 25.5 Å². The number of Topliss-reactive ketones (excluding diaryl/α,β-unsaturated/α-hetero) is 1. The third-order valence-electron chi connectivity index (χ3n) is 3.27. The van der Waals surface area contributed by atoms with Gasteiger partial charge in [-0.15, -0.1) is 0 Å². The van der Waals surface area contributed by atoms with Crippen LogP contribution in [0.5, 0.6) is 0 Å². The summed E-state index contributed by atoms with van der Waals surface area (Å²) in [6.45, 7) is 5.94. The smallest absolute Gasteiger partial charge is 0.161 e. The Kier molecular flexibility index (Phi) is 4.73. The molecule has 0 saturated carbocycles. The lowest BCUT2D eigenvalue weighted by Gasteiger charge is -2.34. The quantitative estimate of drug-likeness (QED) is 0.783. The van der Waals surface area contributed by atoms with E-state index in [9.17, 15) is 4.79 Å². The van der Waals surface area contributed by atoms with Gasteiger partial charge in [-0.3, -0.25) is 4.79 Å².